The van der Waals surface area contributed by atoms with Gasteiger partial charge in [0, 0.05) is 31.7 Å². The molecule has 1 N–H and O–H groups in total. The molecule has 0 atom stereocenters. The van der Waals surface area contributed by atoms with E-state index in [4.69, 9.17) is 9.84 Å². The van der Waals surface area contributed by atoms with Gasteiger partial charge in [-0.1, -0.05) is 43.9 Å². The van der Waals surface area contributed by atoms with Crippen LogP contribution < -0.4 is 5.56 Å². The molecule has 2 aliphatic carbocycles. The van der Waals surface area contributed by atoms with E-state index in [2.05, 4.69) is 48.1 Å². The fourth-order valence-corrected chi connectivity index (χ4v) is 7.04. The molecule has 0 amide bonds. The molecule has 0 bridgehead atoms. The van der Waals surface area contributed by atoms with E-state index in [-0.39, 0.29) is 11.1 Å². The van der Waals surface area contributed by atoms with E-state index in [1.165, 1.54) is 12.8 Å². The SMILES string of the molecule is Cc1cccc2cc(CN(CCCN3CCOCC3)C3(c4nnnn4C4CCCC4)CCCC3)c(=O)[nH]c12. The number of rotatable bonds is 9. The van der Waals surface area contributed by atoms with E-state index in [1.807, 2.05) is 13.0 Å². The van der Waals surface area contributed by atoms with E-state index >= 15 is 0 Å². The Bertz CT molecular complexity index is 1280. The molecule has 3 aromatic rings. The number of hydrogen-bond donors (Lipinski definition) is 1. The monoisotopic (exact) mass is 519 g/mol. The van der Waals surface area contributed by atoms with Crippen LogP contribution in [0.25, 0.3) is 10.9 Å². The molecule has 204 valence electrons. The molecule has 1 aromatic carbocycles. The summed E-state index contributed by atoms with van der Waals surface area (Å²) in [5.41, 5.74) is 2.61. The minimum Gasteiger partial charge on any atom is -0.379 e. The van der Waals surface area contributed by atoms with Crippen molar-refractivity contribution in [3.63, 3.8) is 0 Å². The molecule has 2 aromatic heterocycles. The highest BCUT2D eigenvalue weighted by atomic mass is 16.5. The van der Waals surface area contributed by atoms with Crippen LogP contribution in [0.2, 0.25) is 0 Å². The summed E-state index contributed by atoms with van der Waals surface area (Å²) in [5, 5.41) is 14.5. The van der Waals surface area contributed by atoms with Crippen LogP contribution in [0.4, 0.5) is 0 Å². The van der Waals surface area contributed by atoms with Crippen molar-refractivity contribution >= 4 is 10.9 Å². The lowest BCUT2D eigenvalue weighted by atomic mass is 9.92. The van der Waals surface area contributed by atoms with Gasteiger partial charge in [-0.2, -0.15) is 0 Å². The summed E-state index contributed by atoms with van der Waals surface area (Å²) < 4.78 is 7.71. The Balaban J connectivity index is 1.34. The minimum atomic E-state index is -0.245. The summed E-state index contributed by atoms with van der Waals surface area (Å²) in [6.45, 7) is 8.21. The Morgan fingerprint density at radius 1 is 1.13 bits per heavy atom. The van der Waals surface area contributed by atoms with Gasteiger partial charge in [0.05, 0.1) is 30.3 Å². The van der Waals surface area contributed by atoms with Crippen LogP contribution in [-0.4, -0.2) is 74.4 Å². The van der Waals surface area contributed by atoms with Crippen molar-refractivity contribution in [3.05, 3.63) is 51.6 Å². The molecule has 1 aliphatic heterocycles. The molecule has 9 heteroatoms. The first-order valence-corrected chi connectivity index (χ1v) is 14.6. The number of pyridine rings is 1. The van der Waals surface area contributed by atoms with Crippen molar-refractivity contribution in [2.24, 2.45) is 0 Å². The lowest BCUT2D eigenvalue weighted by Gasteiger charge is -2.41. The van der Waals surface area contributed by atoms with E-state index < -0.39 is 0 Å². The van der Waals surface area contributed by atoms with Gasteiger partial charge in [-0.25, -0.2) is 4.68 Å². The fraction of sp³-hybridized carbons (Fsp3) is 0.655. The van der Waals surface area contributed by atoms with Crippen LogP contribution in [0, 0.1) is 6.92 Å². The molecular formula is C29H41N7O2. The van der Waals surface area contributed by atoms with E-state index in [1.54, 1.807) is 0 Å². The molecule has 0 radical (unpaired) electrons. The number of para-hydroxylation sites is 1. The molecule has 38 heavy (non-hydrogen) atoms. The van der Waals surface area contributed by atoms with Crippen LogP contribution >= 0.6 is 0 Å². The number of morpholine rings is 1. The molecule has 6 rings (SSSR count). The maximum absolute atomic E-state index is 13.4. The van der Waals surface area contributed by atoms with Crippen molar-refractivity contribution in [1.29, 1.82) is 0 Å². The predicted molar refractivity (Wildman–Crippen MR) is 147 cm³/mol. The zero-order valence-corrected chi connectivity index (χ0v) is 22.7. The van der Waals surface area contributed by atoms with Crippen molar-refractivity contribution in [3.8, 4) is 0 Å². The van der Waals surface area contributed by atoms with Crippen molar-refractivity contribution in [2.45, 2.75) is 82.8 Å². The zero-order valence-electron chi connectivity index (χ0n) is 22.7. The minimum absolute atomic E-state index is 0.00788. The van der Waals surface area contributed by atoms with Crippen LogP contribution in [0.15, 0.2) is 29.1 Å². The summed E-state index contributed by atoms with van der Waals surface area (Å²) in [4.78, 5) is 21.6. The van der Waals surface area contributed by atoms with Gasteiger partial charge in [0.25, 0.3) is 5.56 Å². The first kappa shape index (κ1) is 25.6. The molecule has 9 nitrogen and oxygen atoms in total. The quantitative estimate of drug-likeness (QED) is 0.458. The summed E-state index contributed by atoms with van der Waals surface area (Å²) in [7, 11) is 0. The number of fused-ring (bicyclic) bond motifs is 1. The Labute approximate surface area is 224 Å². The number of H-pyrrole nitrogens is 1. The summed E-state index contributed by atoms with van der Waals surface area (Å²) in [5.74, 6) is 1.02. The van der Waals surface area contributed by atoms with Gasteiger partial charge in [-0.3, -0.25) is 14.6 Å². The number of aromatic amines is 1. The van der Waals surface area contributed by atoms with Gasteiger partial charge >= 0.3 is 0 Å². The Morgan fingerprint density at radius 2 is 1.92 bits per heavy atom. The standard InChI is InChI=1S/C29H41N7O2/c1-22-8-6-9-23-20-24(27(37)30-26(22)23)21-35(15-7-14-34-16-18-38-19-17-34)29(12-4-5-13-29)28-31-32-33-36(28)25-10-2-3-11-25/h6,8-9,20,25H,2-5,7,10-19,21H2,1H3,(H,30,37). The second-order valence-electron chi connectivity index (χ2n) is 11.5. The number of nitrogens with zero attached hydrogens (tertiary/aromatic N) is 6. The lowest BCUT2D eigenvalue weighted by Crippen LogP contribution is -2.48. The topological polar surface area (TPSA) is 92.2 Å². The van der Waals surface area contributed by atoms with Gasteiger partial charge in [0.1, 0.15) is 0 Å². The number of aromatic nitrogens is 5. The molecule has 2 saturated carbocycles. The number of aryl methyl sites for hydroxylation is 1. The van der Waals surface area contributed by atoms with Gasteiger partial charge < -0.3 is 9.72 Å². The predicted octanol–water partition coefficient (Wildman–Crippen LogP) is 3.93. The van der Waals surface area contributed by atoms with E-state index in [0.717, 1.165) is 112 Å². The van der Waals surface area contributed by atoms with Gasteiger partial charge in [-0.05, 0) is 73.0 Å². The summed E-state index contributed by atoms with van der Waals surface area (Å²) in [6.07, 6.45) is 10.2. The molecule has 1 saturated heterocycles. The molecule has 3 aliphatic rings. The Kier molecular flexibility index (Phi) is 7.59. The number of tetrazole rings is 1. The van der Waals surface area contributed by atoms with Crippen molar-refractivity contribution in [1.82, 2.24) is 35.0 Å². The molecule has 0 spiro atoms. The molecule has 0 unspecified atom stereocenters. The average molecular weight is 520 g/mol. The van der Waals surface area contributed by atoms with Crippen LogP contribution in [0.5, 0.6) is 0 Å². The Morgan fingerprint density at radius 3 is 2.71 bits per heavy atom. The van der Waals surface area contributed by atoms with E-state index in [0.29, 0.717) is 12.6 Å². The van der Waals surface area contributed by atoms with Gasteiger partial charge in [-0.15, -0.1) is 5.10 Å². The third-order valence-electron chi connectivity index (χ3n) is 9.15. The molecule has 3 fully saturated rings. The van der Waals surface area contributed by atoms with Gasteiger partial charge in [0.2, 0.25) is 0 Å². The van der Waals surface area contributed by atoms with E-state index in [9.17, 15) is 4.79 Å². The largest absolute Gasteiger partial charge is 0.379 e. The second kappa shape index (κ2) is 11.2. The third kappa shape index (κ3) is 5.03. The number of benzene rings is 1. The summed E-state index contributed by atoms with van der Waals surface area (Å²) in [6, 6.07) is 8.69. The van der Waals surface area contributed by atoms with Crippen LogP contribution in [0.1, 0.15) is 80.8 Å². The highest BCUT2D eigenvalue weighted by Crippen LogP contribution is 2.45. The van der Waals surface area contributed by atoms with Crippen LogP contribution in [-0.2, 0) is 16.8 Å². The van der Waals surface area contributed by atoms with Crippen molar-refractivity contribution in [2.75, 3.05) is 39.4 Å². The average Bonchev–Trinajstić information content (AvgIpc) is 3.71. The number of ether oxygens (including phenoxy) is 1. The highest BCUT2D eigenvalue weighted by molar-refractivity contribution is 5.81. The number of nitrogens with one attached hydrogen (secondary N) is 1. The van der Waals surface area contributed by atoms with Crippen molar-refractivity contribution < 1.29 is 4.74 Å². The maximum Gasteiger partial charge on any atom is 0.252 e. The zero-order chi connectivity index (χ0) is 26.0. The first-order chi connectivity index (χ1) is 18.6. The number of hydrogen-bond acceptors (Lipinski definition) is 7. The lowest BCUT2D eigenvalue weighted by molar-refractivity contribution is 0.0283. The third-order valence-corrected chi connectivity index (χ3v) is 9.15. The highest BCUT2D eigenvalue weighted by Gasteiger charge is 2.46. The normalized spacial score (nSPS) is 20.7. The second-order valence-corrected chi connectivity index (χ2v) is 11.5. The maximum atomic E-state index is 13.4. The first-order valence-electron chi connectivity index (χ1n) is 14.6. The van der Waals surface area contributed by atoms with Crippen LogP contribution in [0.3, 0.4) is 0 Å². The molecular weight excluding hydrogens is 478 g/mol. The molecule has 3 heterocycles. The fourth-order valence-electron chi connectivity index (χ4n) is 7.04. The smallest absolute Gasteiger partial charge is 0.252 e. The summed E-state index contributed by atoms with van der Waals surface area (Å²) >= 11 is 0. The van der Waals surface area contributed by atoms with Gasteiger partial charge in [0.15, 0.2) is 5.82 Å². The Hall–Kier alpha value is -2.62.